The minimum Gasteiger partial charge on any atom is -0.493 e. The van der Waals surface area contributed by atoms with Gasteiger partial charge in [0.1, 0.15) is 0 Å². The third-order valence-corrected chi connectivity index (χ3v) is 6.07. The van der Waals surface area contributed by atoms with Crippen molar-refractivity contribution in [2.75, 3.05) is 25.7 Å². The molecule has 2 saturated carbocycles. The minimum absolute atomic E-state index is 0.00254. The van der Waals surface area contributed by atoms with Gasteiger partial charge in [-0.05, 0) is 37.8 Å². The lowest BCUT2D eigenvalue weighted by molar-refractivity contribution is -0.138. The molecule has 4 rings (SSSR count). The monoisotopic (exact) mass is 372 g/mol. The molecule has 146 valence electrons. The fourth-order valence-electron chi connectivity index (χ4n) is 4.52. The molecule has 3 fully saturated rings. The van der Waals surface area contributed by atoms with E-state index in [-0.39, 0.29) is 17.7 Å². The van der Waals surface area contributed by atoms with Gasteiger partial charge in [0.25, 0.3) is 0 Å². The lowest BCUT2D eigenvalue weighted by Crippen LogP contribution is -2.44. The summed E-state index contributed by atoms with van der Waals surface area (Å²) < 4.78 is 10.6. The van der Waals surface area contributed by atoms with Crippen molar-refractivity contribution in [2.45, 2.75) is 57.0 Å². The van der Waals surface area contributed by atoms with Crippen LogP contribution in [0.4, 0.5) is 5.69 Å². The molecule has 0 aromatic heterocycles. The number of nitrogens with zero attached hydrogens (tertiary/aromatic N) is 2. The molecule has 1 aromatic rings. The molecule has 1 atom stereocenters. The quantitative estimate of drug-likeness (QED) is 0.770. The Bertz CT molecular complexity index is 725. The Balaban J connectivity index is 1.50. The largest absolute Gasteiger partial charge is 0.493 e. The maximum absolute atomic E-state index is 13.3. The summed E-state index contributed by atoms with van der Waals surface area (Å²) in [4.78, 5) is 29.8. The molecular weight excluding hydrogens is 344 g/mol. The molecule has 0 spiro atoms. The van der Waals surface area contributed by atoms with Gasteiger partial charge >= 0.3 is 0 Å². The van der Waals surface area contributed by atoms with Crippen molar-refractivity contribution >= 4 is 17.5 Å². The first-order valence-electron chi connectivity index (χ1n) is 9.97. The molecule has 1 aromatic carbocycles. The molecule has 1 unspecified atom stereocenters. The number of rotatable bonds is 6. The van der Waals surface area contributed by atoms with E-state index in [4.69, 9.17) is 9.47 Å². The van der Waals surface area contributed by atoms with Crippen molar-refractivity contribution in [1.82, 2.24) is 4.90 Å². The highest BCUT2D eigenvalue weighted by Gasteiger charge is 2.44. The highest BCUT2D eigenvalue weighted by Crippen LogP contribution is 2.38. The maximum Gasteiger partial charge on any atom is 0.228 e. The fraction of sp³-hybridized carbons (Fsp3) is 0.619. The minimum atomic E-state index is -0.244. The van der Waals surface area contributed by atoms with Gasteiger partial charge in [0, 0.05) is 36.8 Å². The van der Waals surface area contributed by atoms with Crippen molar-refractivity contribution in [3.8, 4) is 11.5 Å². The van der Waals surface area contributed by atoms with Gasteiger partial charge in [-0.15, -0.1) is 0 Å². The van der Waals surface area contributed by atoms with Crippen LogP contribution in [0.15, 0.2) is 18.2 Å². The van der Waals surface area contributed by atoms with Gasteiger partial charge in [0.2, 0.25) is 11.8 Å². The van der Waals surface area contributed by atoms with E-state index < -0.39 is 0 Å². The second-order valence-electron chi connectivity index (χ2n) is 7.86. The van der Waals surface area contributed by atoms with Crippen LogP contribution in [0.5, 0.6) is 11.5 Å². The van der Waals surface area contributed by atoms with Crippen LogP contribution in [0.25, 0.3) is 0 Å². The smallest absolute Gasteiger partial charge is 0.228 e. The standard InChI is InChI=1S/C21H28N2O4/c1-26-18-10-9-17(12-19(18)27-2)22-13-14(11-20(22)24)21(25)23(16-7-8-16)15-5-3-4-6-15/h9-10,12,14-16H,3-8,11,13H2,1-2H3. The van der Waals surface area contributed by atoms with Crippen LogP contribution in [-0.4, -0.2) is 49.6 Å². The van der Waals surface area contributed by atoms with Crippen LogP contribution >= 0.6 is 0 Å². The van der Waals surface area contributed by atoms with Gasteiger partial charge in [0.15, 0.2) is 11.5 Å². The average Bonchev–Trinajstić information content (AvgIpc) is 3.21. The Labute approximate surface area is 160 Å². The van der Waals surface area contributed by atoms with E-state index in [1.165, 1.54) is 12.8 Å². The maximum atomic E-state index is 13.3. The Kier molecular flexibility index (Phi) is 4.98. The number of hydrogen-bond acceptors (Lipinski definition) is 4. The van der Waals surface area contributed by atoms with Crippen LogP contribution in [0.3, 0.4) is 0 Å². The van der Waals surface area contributed by atoms with Gasteiger partial charge in [0.05, 0.1) is 20.1 Å². The highest BCUT2D eigenvalue weighted by molar-refractivity contribution is 6.00. The number of methoxy groups -OCH3 is 2. The molecule has 6 heteroatoms. The molecule has 1 heterocycles. The van der Waals surface area contributed by atoms with E-state index in [9.17, 15) is 9.59 Å². The van der Waals surface area contributed by atoms with Gasteiger partial charge in [-0.1, -0.05) is 12.8 Å². The second-order valence-corrected chi connectivity index (χ2v) is 7.86. The van der Waals surface area contributed by atoms with Crippen molar-refractivity contribution in [3.63, 3.8) is 0 Å². The first-order chi connectivity index (χ1) is 13.1. The number of hydrogen-bond donors (Lipinski definition) is 0. The van der Waals surface area contributed by atoms with Gasteiger partial charge in [-0.2, -0.15) is 0 Å². The summed E-state index contributed by atoms with van der Waals surface area (Å²) in [5.74, 6) is 1.15. The zero-order valence-electron chi connectivity index (χ0n) is 16.1. The van der Waals surface area contributed by atoms with Gasteiger partial charge in [-0.3, -0.25) is 9.59 Å². The predicted octanol–water partition coefficient (Wildman–Crippen LogP) is 2.99. The summed E-state index contributed by atoms with van der Waals surface area (Å²) in [6, 6.07) is 6.24. The molecule has 3 aliphatic rings. The number of ether oxygens (including phenoxy) is 2. The third kappa shape index (κ3) is 3.49. The van der Waals surface area contributed by atoms with Gasteiger partial charge < -0.3 is 19.3 Å². The van der Waals surface area contributed by atoms with E-state index in [0.29, 0.717) is 36.5 Å². The predicted molar refractivity (Wildman–Crippen MR) is 102 cm³/mol. The van der Waals surface area contributed by atoms with Crippen LogP contribution < -0.4 is 14.4 Å². The summed E-state index contributed by atoms with van der Waals surface area (Å²) in [6.07, 6.45) is 7.17. The molecule has 1 saturated heterocycles. The zero-order valence-corrected chi connectivity index (χ0v) is 16.1. The zero-order chi connectivity index (χ0) is 19.0. The molecule has 0 radical (unpaired) electrons. The molecule has 1 aliphatic heterocycles. The number of benzene rings is 1. The van der Waals surface area contributed by atoms with Gasteiger partial charge in [-0.25, -0.2) is 0 Å². The Morgan fingerprint density at radius 1 is 1.04 bits per heavy atom. The van der Waals surface area contributed by atoms with E-state index in [1.54, 1.807) is 31.3 Å². The first-order valence-corrected chi connectivity index (χ1v) is 9.97. The van der Waals surface area contributed by atoms with Crippen molar-refractivity contribution in [3.05, 3.63) is 18.2 Å². The number of amides is 2. The lowest BCUT2D eigenvalue weighted by atomic mass is 10.0. The molecule has 0 bridgehead atoms. The molecule has 0 N–H and O–H groups in total. The fourth-order valence-corrected chi connectivity index (χ4v) is 4.52. The van der Waals surface area contributed by atoms with Crippen molar-refractivity contribution < 1.29 is 19.1 Å². The number of carbonyl (C=O) groups excluding carboxylic acids is 2. The molecule has 2 aliphatic carbocycles. The third-order valence-electron chi connectivity index (χ3n) is 6.07. The van der Waals surface area contributed by atoms with Crippen LogP contribution in [0, 0.1) is 5.92 Å². The Hall–Kier alpha value is -2.24. The molecular formula is C21H28N2O4. The Morgan fingerprint density at radius 2 is 1.70 bits per heavy atom. The topological polar surface area (TPSA) is 59.1 Å². The highest BCUT2D eigenvalue weighted by atomic mass is 16.5. The SMILES string of the molecule is COc1ccc(N2CC(C(=O)N(C3CCCC3)C3CC3)CC2=O)cc1OC. The molecule has 27 heavy (non-hydrogen) atoms. The van der Waals surface area contributed by atoms with E-state index in [2.05, 4.69) is 4.90 Å². The number of anilines is 1. The van der Waals surface area contributed by atoms with Crippen LogP contribution in [0.1, 0.15) is 44.9 Å². The summed E-state index contributed by atoms with van der Waals surface area (Å²) in [7, 11) is 3.16. The van der Waals surface area contributed by atoms with Crippen LogP contribution in [-0.2, 0) is 9.59 Å². The summed E-state index contributed by atoms with van der Waals surface area (Å²) in [5, 5.41) is 0. The summed E-state index contributed by atoms with van der Waals surface area (Å²) in [6.45, 7) is 0.448. The van der Waals surface area contributed by atoms with E-state index >= 15 is 0 Å². The first kappa shape index (κ1) is 18.1. The second kappa shape index (κ2) is 7.41. The summed E-state index contributed by atoms with van der Waals surface area (Å²) in [5.41, 5.74) is 0.756. The molecule has 2 amide bonds. The normalized spacial score (nSPS) is 23.0. The lowest BCUT2D eigenvalue weighted by Gasteiger charge is -2.31. The summed E-state index contributed by atoms with van der Waals surface area (Å²) >= 11 is 0. The van der Waals surface area contributed by atoms with Crippen molar-refractivity contribution in [1.29, 1.82) is 0 Å². The molecule has 6 nitrogen and oxygen atoms in total. The Morgan fingerprint density at radius 3 is 2.33 bits per heavy atom. The van der Waals surface area contributed by atoms with E-state index in [0.717, 1.165) is 31.4 Å². The average molecular weight is 372 g/mol. The van der Waals surface area contributed by atoms with Crippen molar-refractivity contribution in [2.24, 2.45) is 5.92 Å². The van der Waals surface area contributed by atoms with E-state index in [1.807, 2.05) is 6.07 Å². The number of carbonyl (C=O) groups is 2. The van der Waals surface area contributed by atoms with Crippen LogP contribution in [0.2, 0.25) is 0 Å².